The highest BCUT2D eigenvalue weighted by Crippen LogP contribution is 2.35. The number of nitrogens with one attached hydrogen (secondary N) is 1. The molecular weight excluding hydrogens is 393 g/mol. The van der Waals surface area contributed by atoms with Crippen molar-refractivity contribution in [2.45, 2.75) is 0 Å². The highest BCUT2D eigenvalue weighted by molar-refractivity contribution is 6.37. The van der Waals surface area contributed by atoms with Gasteiger partial charge >= 0.3 is 5.97 Å². The summed E-state index contributed by atoms with van der Waals surface area (Å²) >= 11 is 6.38. The zero-order valence-electron chi connectivity index (χ0n) is 15.1. The van der Waals surface area contributed by atoms with E-state index in [9.17, 15) is 14.0 Å². The number of hydrogen-bond donors (Lipinski definition) is 3. The number of carboxylic acids is 1. The molecule has 0 amide bonds. The summed E-state index contributed by atoms with van der Waals surface area (Å²) in [6.45, 7) is 3.98. The number of aromatic amines is 1. The summed E-state index contributed by atoms with van der Waals surface area (Å²) in [5, 5.41) is 17.7. The number of aliphatic hydroxyl groups is 1. The van der Waals surface area contributed by atoms with Gasteiger partial charge in [-0.3, -0.25) is 9.69 Å². The second kappa shape index (κ2) is 8.87. The first-order chi connectivity index (χ1) is 13.4. The summed E-state index contributed by atoms with van der Waals surface area (Å²) in [5.41, 5.74) is -0.828. The normalized spacial score (nSPS) is 15.3. The van der Waals surface area contributed by atoms with E-state index in [1.165, 1.54) is 0 Å². The number of carbonyl (C=O) groups is 1. The van der Waals surface area contributed by atoms with Crippen LogP contribution < -0.4 is 10.3 Å². The Morgan fingerprint density at radius 3 is 2.64 bits per heavy atom. The van der Waals surface area contributed by atoms with E-state index in [0.29, 0.717) is 45.9 Å². The van der Waals surface area contributed by atoms with Gasteiger partial charge in [0.25, 0.3) is 0 Å². The molecule has 3 N–H and O–H groups in total. The molecular formula is C18H21ClFN3O5. The fraction of sp³-hybridized carbons (Fsp3) is 0.444. The standard InChI is InChI=1S/C18H21ClFN3O5/c19-14-15-11(17(25)12(10-21-15)18(26)27)9-13(20)16(14)23-3-1-22(2-4-23)5-7-28-8-6-24/h9-10,24H,1-8H2,(H,21,25)(H,26,27). The van der Waals surface area contributed by atoms with Gasteiger partial charge in [0.2, 0.25) is 5.43 Å². The van der Waals surface area contributed by atoms with Crippen LogP contribution in [-0.2, 0) is 4.74 Å². The van der Waals surface area contributed by atoms with E-state index in [2.05, 4.69) is 9.88 Å². The van der Waals surface area contributed by atoms with Crippen LogP contribution in [0.25, 0.3) is 10.9 Å². The Morgan fingerprint density at radius 2 is 2.00 bits per heavy atom. The predicted molar refractivity (Wildman–Crippen MR) is 103 cm³/mol. The Kier molecular flexibility index (Phi) is 6.50. The second-order valence-electron chi connectivity index (χ2n) is 6.44. The maximum atomic E-state index is 14.8. The largest absolute Gasteiger partial charge is 0.477 e. The van der Waals surface area contributed by atoms with Crippen LogP contribution in [0.2, 0.25) is 5.02 Å². The quantitative estimate of drug-likeness (QED) is 0.584. The van der Waals surface area contributed by atoms with Crippen LogP contribution in [0.15, 0.2) is 17.1 Å². The molecule has 0 radical (unpaired) electrons. The van der Waals surface area contributed by atoms with E-state index in [1.807, 2.05) is 4.90 Å². The first-order valence-corrected chi connectivity index (χ1v) is 9.24. The van der Waals surface area contributed by atoms with Gasteiger partial charge < -0.3 is 24.8 Å². The summed E-state index contributed by atoms with van der Waals surface area (Å²) < 4.78 is 20.0. The molecule has 1 aromatic carbocycles. The molecule has 152 valence electrons. The molecule has 1 aliphatic rings. The third-order valence-electron chi connectivity index (χ3n) is 4.75. The summed E-state index contributed by atoms with van der Waals surface area (Å²) in [6.07, 6.45) is 1.07. The number of ether oxygens (including phenoxy) is 1. The first kappa shape index (κ1) is 20.5. The number of nitrogens with zero attached hydrogens (tertiary/aromatic N) is 2. The molecule has 1 saturated heterocycles. The van der Waals surface area contributed by atoms with Gasteiger partial charge in [-0.2, -0.15) is 0 Å². The maximum Gasteiger partial charge on any atom is 0.341 e. The molecule has 3 rings (SSSR count). The van der Waals surface area contributed by atoms with Gasteiger partial charge in [0.1, 0.15) is 11.4 Å². The lowest BCUT2D eigenvalue weighted by atomic mass is 10.1. The Bertz CT molecular complexity index is 928. The molecule has 0 atom stereocenters. The SMILES string of the molecule is O=C(O)c1c[nH]c2c(Cl)c(N3CCN(CCOCCO)CC3)c(F)cc2c1=O. The number of aliphatic hydroxyl groups excluding tert-OH is 1. The minimum atomic E-state index is -1.39. The van der Waals surface area contributed by atoms with Crippen molar-refractivity contribution in [3.8, 4) is 0 Å². The van der Waals surface area contributed by atoms with Crippen LogP contribution in [0.1, 0.15) is 10.4 Å². The Hall–Kier alpha value is -2.20. The van der Waals surface area contributed by atoms with Crippen molar-refractivity contribution in [1.82, 2.24) is 9.88 Å². The number of benzene rings is 1. The zero-order valence-corrected chi connectivity index (χ0v) is 15.8. The summed E-state index contributed by atoms with van der Waals surface area (Å²) in [7, 11) is 0. The first-order valence-electron chi connectivity index (χ1n) is 8.86. The van der Waals surface area contributed by atoms with Crippen LogP contribution >= 0.6 is 11.6 Å². The van der Waals surface area contributed by atoms with Gasteiger partial charge in [0, 0.05) is 38.9 Å². The minimum Gasteiger partial charge on any atom is -0.477 e. The number of piperazine rings is 1. The third kappa shape index (κ3) is 4.12. The van der Waals surface area contributed by atoms with Crippen LogP contribution in [0.5, 0.6) is 0 Å². The molecule has 10 heteroatoms. The highest BCUT2D eigenvalue weighted by Gasteiger charge is 2.25. The topological polar surface area (TPSA) is 106 Å². The lowest BCUT2D eigenvalue weighted by Gasteiger charge is -2.36. The highest BCUT2D eigenvalue weighted by atomic mass is 35.5. The molecule has 1 aliphatic heterocycles. The predicted octanol–water partition coefficient (Wildman–Crippen LogP) is 1.15. The summed E-state index contributed by atoms with van der Waals surface area (Å²) in [4.78, 5) is 30.1. The number of hydrogen-bond acceptors (Lipinski definition) is 6. The van der Waals surface area contributed by atoms with Crippen molar-refractivity contribution in [2.75, 3.05) is 57.4 Å². The molecule has 0 bridgehead atoms. The second-order valence-corrected chi connectivity index (χ2v) is 6.82. The molecule has 0 saturated carbocycles. The Balaban J connectivity index is 1.80. The lowest BCUT2D eigenvalue weighted by Crippen LogP contribution is -2.47. The fourth-order valence-corrected chi connectivity index (χ4v) is 3.65. The molecule has 0 spiro atoms. The van der Waals surface area contributed by atoms with Gasteiger partial charge in [0.05, 0.1) is 41.4 Å². The number of aromatic nitrogens is 1. The van der Waals surface area contributed by atoms with Crippen LogP contribution in [0.4, 0.5) is 10.1 Å². The number of H-pyrrole nitrogens is 1. The molecule has 2 heterocycles. The monoisotopic (exact) mass is 413 g/mol. The fourth-order valence-electron chi connectivity index (χ4n) is 3.29. The van der Waals surface area contributed by atoms with Gasteiger partial charge in [-0.05, 0) is 6.07 Å². The van der Waals surface area contributed by atoms with E-state index >= 15 is 0 Å². The van der Waals surface area contributed by atoms with Crippen molar-refractivity contribution in [2.24, 2.45) is 0 Å². The molecule has 1 fully saturated rings. The molecule has 0 aliphatic carbocycles. The van der Waals surface area contributed by atoms with Gasteiger partial charge in [-0.1, -0.05) is 11.6 Å². The van der Waals surface area contributed by atoms with Gasteiger partial charge in [-0.25, -0.2) is 9.18 Å². The van der Waals surface area contributed by atoms with Crippen LogP contribution in [0, 0.1) is 5.82 Å². The number of pyridine rings is 1. The van der Waals surface area contributed by atoms with Crippen molar-refractivity contribution < 1.29 is 24.1 Å². The molecule has 2 aromatic rings. The van der Waals surface area contributed by atoms with E-state index in [4.69, 9.17) is 26.6 Å². The average Bonchev–Trinajstić information content (AvgIpc) is 2.67. The number of anilines is 1. The third-order valence-corrected chi connectivity index (χ3v) is 5.12. The van der Waals surface area contributed by atoms with Crippen molar-refractivity contribution in [3.05, 3.63) is 38.9 Å². The van der Waals surface area contributed by atoms with E-state index < -0.39 is 22.8 Å². The van der Waals surface area contributed by atoms with E-state index in [-0.39, 0.29) is 28.2 Å². The van der Waals surface area contributed by atoms with Gasteiger partial charge in [0.15, 0.2) is 0 Å². The number of fused-ring (bicyclic) bond motifs is 1. The van der Waals surface area contributed by atoms with Crippen LogP contribution in [0.3, 0.4) is 0 Å². The van der Waals surface area contributed by atoms with Crippen molar-refractivity contribution in [1.29, 1.82) is 0 Å². The molecule has 1 aromatic heterocycles. The molecule has 28 heavy (non-hydrogen) atoms. The summed E-state index contributed by atoms with van der Waals surface area (Å²) in [6, 6.07) is 1.04. The minimum absolute atomic E-state index is 0.0103. The van der Waals surface area contributed by atoms with Crippen molar-refractivity contribution >= 4 is 34.2 Å². The lowest BCUT2D eigenvalue weighted by molar-refractivity contribution is 0.0695. The van der Waals surface area contributed by atoms with E-state index in [0.717, 1.165) is 12.3 Å². The number of carboxylic acid groups (broad SMARTS) is 1. The smallest absolute Gasteiger partial charge is 0.341 e. The van der Waals surface area contributed by atoms with Crippen LogP contribution in [-0.4, -0.2) is 78.6 Å². The van der Waals surface area contributed by atoms with Crippen molar-refractivity contribution in [3.63, 3.8) is 0 Å². The molecule has 8 nitrogen and oxygen atoms in total. The molecule has 0 unspecified atom stereocenters. The van der Waals surface area contributed by atoms with E-state index in [1.54, 1.807) is 0 Å². The Labute approximate surface area is 165 Å². The number of aromatic carboxylic acids is 1. The number of rotatable bonds is 7. The number of halogens is 2. The average molecular weight is 414 g/mol. The maximum absolute atomic E-state index is 14.8. The Morgan fingerprint density at radius 1 is 1.29 bits per heavy atom. The van der Waals surface area contributed by atoms with Gasteiger partial charge in [-0.15, -0.1) is 0 Å². The summed E-state index contributed by atoms with van der Waals surface area (Å²) in [5.74, 6) is -2.05. The zero-order chi connectivity index (χ0) is 20.3.